The Hall–Kier alpha value is -4.42. The van der Waals surface area contributed by atoms with E-state index in [4.69, 9.17) is 33.0 Å². The average Bonchev–Trinajstić information content (AvgIpc) is 3.72. The lowest BCUT2D eigenvalue weighted by atomic mass is 9.43. The molecule has 6 fully saturated rings. The Morgan fingerprint density at radius 2 is 1.52 bits per heavy atom. The van der Waals surface area contributed by atoms with Gasteiger partial charge in [-0.3, -0.25) is 9.69 Å². The van der Waals surface area contributed by atoms with Gasteiger partial charge in [0, 0.05) is 32.7 Å². The van der Waals surface area contributed by atoms with Crippen LogP contribution in [0.25, 0.3) is 0 Å². The SMILES string of the molecule is CC(C)(C)OC(=O)Oc1c(CCB2O[C@@H]3C[C@@H]4C[C@@H](C4(C)C)[C@]3(C)O2)ccc(OC2CN(C(=O)Cn3cc(CN4CCN(C(=O)OC(C)(C)C)CC4)nn3)C2)c1C(=O)OC(C)(C)C. The maximum atomic E-state index is 14.1. The Kier molecular flexibility index (Phi) is 12.7. The highest BCUT2D eigenvalue weighted by Gasteiger charge is 2.67. The topological polar surface area (TPSA) is 173 Å². The molecule has 4 atom stereocenters. The molecule has 0 spiro atoms. The summed E-state index contributed by atoms with van der Waals surface area (Å²) in [5, 5.41) is 8.47. The molecule has 3 saturated heterocycles. The van der Waals surface area contributed by atoms with E-state index in [0.29, 0.717) is 62.9 Å². The molecular weight excluding hydrogens is 811 g/mol. The summed E-state index contributed by atoms with van der Waals surface area (Å²) >= 11 is 0. The Morgan fingerprint density at radius 3 is 2.16 bits per heavy atom. The highest BCUT2D eigenvalue weighted by atomic mass is 16.7. The van der Waals surface area contributed by atoms with Crippen LogP contribution in [0.5, 0.6) is 11.5 Å². The van der Waals surface area contributed by atoms with Crippen LogP contribution in [0.15, 0.2) is 18.3 Å². The van der Waals surface area contributed by atoms with E-state index in [9.17, 15) is 19.2 Å². The summed E-state index contributed by atoms with van der Waals surface area (Å²) in [5.74, 6) is 0.268. The summed E-state index contributed by atoms with van der Waals surface area (Å²) in [6.07, 6.45) is 2.95. The fourth-order valence-electron chi connectivity index (χ4n) is 9.51. The lowest BCUT2D eigenvalue weighted by Gasteiger charge is -2.64. The smallest absolute Gasteiger partial charge is 0.486 e. The van der Waals surface area contributed by atoms with Crippen LogP contribution in [-0.4, -0.2) is 135 Å². The predicted octanol–water partition coefficient (Wildman–Crippen LogP) is 6.16. The van der Waals surface area contributed by atoms with Crippen LogP contribution in [0.4, 0.5) is 9.59 Å². The quantitative estimate of drug-likeness (QED) is 0.109. The van der Waals surface area contributed by atoms with Crippen LogP contribution < -0.4 is 9.47 Å². The number of benzene rings is 1. The summed E-state index contributed by atoms with van der Waals surface area (Å²) < 4.78 is 43.9. The molecule has 0 radical (unpaired) electrons. The molecule has 4 heterocycles. The summed E-state index contributed by atoms with van der Waals surface area (Å²) in [5.41, 5.74) is -1.23. The van der Waals surface area contributed by atoms with E-state index in [1.807, 2.05) is 20.8 Å². The Labute approximate surface area is 371 Å². The maximum absolute atomic E-state index is 14.1. The first kappa shape index (κ1) is 46.6. The van der Waals surface area contributed by atoms with Gasteiger partial charge in [0.25, 0.3) is 0 Å². The van der Waals surface area contributed by atoms with Crippen LogP contribution in [0.3, 0.4) is 0 Å². The number of carbonyl (C=O) groups excluding carboxylic acids is 4. The van der Waals surface area contributed by atoms with E-state index < -0.39 is 42.2 Å². The van der Waals surface area contributed by atoms with Crippen molar-refractivity contribution in [1.82, 2.24) is 29.7 Å². The second-order valence-electron chi connectivity index (χ2n) is 21.6. The normalized spacial score (nSPS) is 24.8. The number of ether oxygens (including phenoxy) is 5. The molecule has 1 aromatic heterocycles. The zero-order chi connectivity index (χ0) is 45.9. The molecule has 17 nitrogen and oxygen atoms in total. The van der Waals surface area contributed by atoms with Gasteiger partial charge in [-0.05, 0) is 124 Å². The molecule has 18 heteroatoms. The number of esters is 1. The molecule has 346 valence electrons. The molecule has 1 aromatic carbocycles. The second kappa shape index (κ2) is 17.2. The van der Waals surface area contributed by atoms with E-state index in [-0.39, 0.29) is 65.8 Å². The zero-order valence-corrected chi connectivity index (χ0v) is 39.3. The first-order valence-corrected chi connectivity index (χ1v) is 22.4. The summed E-state index contributed by atoms with van der Waals surface area (Å²) in [6.45, 7) is 26.3. The van der Waals surface area contributed by atoms with Crippen molar-refractivity contribution in [2.45, 2.75) is 156 Å². The van der Waals surface area contributed by atoms with E-state index in [1.165, 1.54) is 4.68 Å². The number of carbonyl (C=O) groups is 4. The predicted molar refractivity (Wildman–Crippen MR) is 231 cm³/mol. The van der Waals surface area contributed by atoms with Gasteiger partial charge >= 0.3 is 25.3 Å². The highest BCUT2D eigenvalue weighted by molar-refractivity contribution is 6.45. The number of aromatic nitrogens is 3. The average molecular weight is 879 g/mol. The highest BCUT2D eigenvalue weighted by Crippen LogP contribution is 2.65. The third-order valence-corrected chi connectivity index (χ3v) is 12.8. The Balaban J connectivity index is 0.996. The van der Waals surface area contributed by atoms with Crippen LogP contribution in [-0.2, 0) is 47.8 Å². The molecule has 2 bridgehead atoms. The molecular formula is C45H67BN6O11. The van der Waals surface area contributed by atoms with Gasteiger partial charge in [0.2, 0.25) is 5.91 Å². The van der Waals surface area contributed by atoms with Crippen molar-refractivity contribution < 1.29 is 52.2 Å². The molecule has 2 aromatic rings. The van der Waals surface area contributed by atoms with Crippen LogP contribution >= 0.6 is 0 Å². The number of likely N-dealkylation sites (tertiary alicyclic amines) is 1. The minimum atomic E-state index is -0.975. The second-order valence-corrected chi connectivity index (χ2v) is 21.6. The molecule has 63 heavy (non-hydrogen) atoms. The van der Waals surface area contributed by atoms with Gasteiger partial charge in [0.1, 0.15) is 40.8 Å². The minimum absolute atomic E-state index is 0.00874. The van der Waals surface area contributed by atoms with Gasteiger partial charge in [-0.1, -0.05) is 25.1 Å². The van der Waals surface area contributed by atoms with Gasteiger partial charge in [0.15, 0.2) is 5.75 Å². The van der Waals surface area contributed by atoms with Crippen LogP contribution in [0.2, 0.25) is 6.32 Å². The van der Waals surface area contributed by atoms with Crippen molar-refractivity contribution in [3.8, 4) is 11.5 Å². The molecule has 0 unspecified atom stereocenters. The lowest BCUT2D eigenvalue weighted by Crippen LogP contribution is -2.65. The van der Waals surface area contributed by atoms with Gasteiger partial charge in [-0.15, -0.1) is 5.10 Å². The number of hydrogen-bond donors (Lipinski definition) is 0. The van der Waals surface area contributed by atoms with Crippen LogP contribution in [0.1, 0.15) is 118 Å². The molecule has 2 amide bonds. The van der Waals surface area contributed by atoms with Crippen molar-refractivity contribution in [2.75, 3.05) is 39.3 Å². The Morgan fingerprint density at radius 1 is 0.857 bits per heavy atom. The maximum Gasteiger partial charge on any atom is 0.514 e. The fourth-order valence-corrected chi connectivity index (χ4v) is 9.51. The summed E-state index contributed by atoms with van der Waals surface area (Å²) in [7, 11) is -0.471. The number of piperazine rings is 1. The molecule has 0 N–H and O–H groups in total. The van der Waals surface area contributed by atoms with Crippen molar-refractivity contribution in [2.24, 2.45) is 17.3 Å². The van der Waals surface area contributed by atoms with Crippen molar-refractivity contribution in [3.63, 3.8) is 0 Å². The number of aryl methyl sites for hydroxylation is 1. The first-order chi connectivity index (χ1) is 29.3. The van der Waals surface area contributed by atoms with E-state index in [0.717, 1.165) is 18.5 Å². The van der Waals surface area contributed by atoms with Gasteiger partial charge in [-0.25, -0.2) is 19.1 Å². The number of hydrogen-bond acceptors (Lipinski definition) is 14. The molecule has 8 rings (SSSR count). The molecule has 3 aliphatic carbocycles. The number of nitrogens with zero attached hydrogens (tertiary/aromatic N) is 6. The fraction of sp³-hybridized carbons (Fsp3) is 0.733. The van der Waals surface area contributed by atoms with Crippen molar-refractivity contribution >= 4 is 31.2 Å². The summed E-state index contributed by atoms with van der Waals surface area (Å²) in [4.78, 5) is 58.7. The Bertz CT molecular complexity index is 2040. The monoisotopic (exact) mass is 878 g/mol. The van der Waals surface area contributed by atoms with E-state index >= 15 is 0 Å². The standard InChI is InChI=1S/C45H67BN6O11/c1-41(2,3)59-38(54)36-32(57-31-25-51(26-31)35(53)27-52-24-30(47-48-52)23-49-17-19-50(20-18-49)39(55)60-42(4,5)6)14-13-28(37(36)58-40(56)61-43(7,8)9)15-16-46-62-34-22-29-21-33(44(29,10)11)45(34,12)63-46/h13-14,24,29,31,33-34H,15-23,25-27H2,1-12H3/t29-,33-,34+,45-/m0/s1. The largest absolute Gasteiger partial charge is 0.514 e. The molecule has 6 aliphatic rings. The lowest BCUT2D eigenvalue weighted by molar-refractivity contribution is -0.199. The van der Waals surface area contributed by atoms with Gasteiger partial charge < -0.3 is 42.8 Å². The third-order valence-electron chi connectivity index (χ3n) is 12.8. The minimum Gasteiger partial charge on any atom is -0.486 e. The molecule has 3 aliphatic heterocycles. The number of amides is 2. The summed E-state index contributed by atoms with van der Waals surface area (Å²) in [6, 6.07) is 3.46. The first-order valence-electron chi connectivity index (χ1n) is 22.4. The zero-order valence-electron chi connectivity index (χ0n) is 39.3. The third kappa shape index (κ3) is 10.8. The van der Waals surface area contributed by atoms with Gasteiger partial charge in [0.05, 0.1) is 36.7 Å². The van der Waals surface area contributed by atoms with Crippen molar-refractivity contribution in [1.29, 1.82) is 0 Å². The van der Waals surface area contributed by atoms with Crippen molar-refractivity contribution in [3.05, 3.63) is 35.2 Å². The van der Waals surface area contributed by atoms with E-state index in [1.54, 1.807) is 69.7 Å². The molecule has 3 saturated carbocycles. The van der Waals surface area contributed by atoms with E-state index in [2.05, 4.69) is 36.0 Å². The number of rotatable bonds is 11. The van der Waals surface area contributed by atoms with Crippen LogP contribution in [0, 0.1) is 17.3 Å². The van der Waals surface area contributed by atoms with Gasteiger partial charge in [-0.2, -0.15) is 0 Å².